The van der Waals surface area contributed by atoms with Gasteiger partial charge in [-0.3, -0.25) is 14.4 Å². The summed E-state index contributed by atoms with van der Waals surface area (Å²) in [5, 5.41) is 4.59. The molecule has 5 nitrogen and oxygen atoms in total. The summed E-state index contributed by atoms with van der Waals surface area (Å²) in [7, 11) is 0. The van der Waals surface area contributed by atoms with Gasteiger partial charge in [0.05, 0.1) is 11.3 Å². The van der Waals surface area contributed by atoms with Crippen LogP contribution in [-0.2, 0) is 14.3 Å². The van der Waals surface area contributed by atoms with Crippen molar-refractivity contribution < 1.29 is 19.1 Å². The molecule has 0 fully saturated rings. The van der Waals surface area contributed by atoms with E-state index in [0.717, 1.165) is 5.56 Å². The first-order valence-electron chi connectivity index (χ1n) is 9.21. The van der Waals surface area contributed by atoms with Gasteiger partial charge < -0.3 is 10.1 Å². The molecule has 0 aliphatic heterocycles. The van der Waals surface area contributed by atoms with Crippen molar-refractivity contribution in [2.24, 2.45) is 0 Å². The fourth-order valence-corrected chi connectivity index (χ4v) is 3.41. The first-order valence-corrected chi connectivity index (χ1v) is 10.1. The van der Waals surface area contributed by atoms with E-state index in [1.807, 2.05) is 30.5 Å². The number of Topliss-reactive ketones (excluding diaryl/α,β-unsaturated/α-hetero) is 1. The van der Waals surface area contributed by atoms with Gasteiger partial charge in [0.2, 0.25) is 6.10 Å². The lowest BCUT2D eigenvalue weighted by Crippen LogP contribution is -2.26. The average Bonchev–Trinajstić information content (AvgIpc) is 3.27. The third kappa shape index (κ3) is 5.86. The number of thiophene rings is 1. The topological polar surface area (TPSA) is 72.5 Å². The summed E-state index contributed by atoms with van der Waals surface area (Å²) in [5.74, 6) is -1.15. The summed E-state index contributed by atoms with van der Waals surface area (Å²) < 4.78 is 5.46. The zero-order chi connectivity index (χ0) is 20.6. The highest BCUT2D eigenvalue weighted by Gasteiger charge is 2.25. The molecule has 0 saturated carbocycles. The number of carbonyl (C=O) groups is 3. The number of benzene rings is 2. The molecule has 0 radical (unpaired) electrons. The van der Waals surface area contributed by atoms with E-state index in [1.54, 1.807) is 48.5 Å². The lowest BCUT2D eigenvalue weighted by Gasteiger charge is -2.18. The molecular formula is C23H21NO4S. The Morgan fingerprint density at radius 2 is 1.66 bits per heavy atom. The van der Waals surface area contributed by atoms with Gasteiger partial charge in [0.25, 0.3) is 5.91 Å². The first kappa shape index (κ1) is 20.5. The van der Waals surface area contributed by atoms with E-state index in [1.165, 1.54) is 11.3 Å². The van der Waals surface area contributed by atoms with Gasteiger partial charge in [0.1, 0.15) is 0 Å². The second kappa shape index (κ2) is 9.80. The molecule has 2 aromatic carbocycles. The van der Waals surface area contributed by atoms with Crippen LogP contribution >= 0.6 is 11.3 Å². The number of ether oxygens (including phenoxy) is 1. The number of hydrogen-bond donors (Lipinski definition) is 1. The molecular weight excluding hydrogens is 386 g/mol. The van der Waals surface area contributed by atoms with E-state index in [2.05, 4.69) is 5.32 Å². The van der Waals surface area contributed by atoms with E-state index >= 15 is 0 Å². The predicted octanol–water partition coefficient (Wildman–Crippen LogP) is 4.94. The van der Waals surface area contributed by atoms with Crippen LogP contribution in [0.25, 0.3) is 0 Å². The number of esters is 1. The molecule has 148 valence electrons. The van der Waals surface area contributed by atoms with Crippen molar-refractivity contribution in [2.75, 3.05) is 5.32 Å². The van der Waals surface area contributed by atoms with Gasteiger partial charge in [0.15, 0.2) is 5.78 Å². The van der Waals surface area contributed by atoms with Gasteiger partial charge in [-0.2, -0.15) is 0 Å². The van der Waals surface area contributed by atoms with Crippen LogP contribution in [0.15, 0.2) is 72.1 Å². The van der Waals surface area contributed by atoms with Crippen LogP contribution in [0.2, 0.25) is 0 Å². The molecule has 0 aliphatic rings. The van der Waals surface area contributed by atoms with Crippen LogP contribution in [0.1, 0.15) is 39.7 Å². The quantitative estimate of drug-likeness (QED) is 0.424. The summed E-state index contributed by atoms with van der Waals surface area (Å²) in [6, 6.07) is 19.7. The van der Waals surface area contributed by atoms with Crippen LogP contribution in [0, 0.1) is 6.92 Å². The summed E-state index contributed by atoms with van der Waals surface area (Å²) in [5.41, 5.74) is 2.25. The maximum absolute atomic E-state index is 12.8. The van der Waals surface area contributed by atoms with Crippen LogP contribution in [0.5, 0.6) is 0 Å². The van der Waals surface area contributed by atoms with Gasteiger partial charge in [-0.05, 0) is 30.5 Å². The first-order chi connectivity index (χ1) is 14.0. The molecule has 3 aromatic rings. The molecule has 1 unspecified atom stereocenters. The number of rotatable bonds is 8. The molecule has 1 heterocycles. The van der Waals surface area contributed by atoms with Crippen LogP contribution in [0.4, 0.5) is 5.69 Å². The minimum absolute atomic E-state index is 0.0421. The molecule has 3 rings (SSSR count). The molecule has 1 atom stereocenters. The molecule has 1 aromatic heterocycles. The molecule has 0 saturated heterocycles. The largest absolute Gasteiger partial charge is 0.447 e. The number of hydrogen-bond acceptors (Lipinski definition) is 5. The fraction of sp³-hybridized carbons (Fsp3) is 0.174. The van der Waals surface area contributed by atoms with Crippen LogP contribution in [-0.4, -0.2) is 17.7 Å². The van der Waals surface area contributed by atoms with E-state index in [-0.39, 0.29) is 18.6 Å². The maximum Gasteiger partial charge on any atom is 0.307 e. The average molecular weight is 407 g/mol. The van der Waals surface area contributed by atoms with Crippen molar-refractivity contribution in [1.82, 2.24) is 0 Å². The molecule has 1 N–H and O–H groups in total. The summed E-state index contributed by atoms with van der Waals surface area (Å²) >= 11 is 1.33. The van der Waals surface area contributed by atoms with Crippen LogP contribution in [0.3, 0.4) is 0 Å². The fourth-order valence-electron chi connectivity index (χ4n) is 2.71. The Labute approximate surface area is 173 Å². The molecule has 1 amide bonds. The Morgan fingerprint density at radius 3 is 2.31 bits per heavy atom. The highest BCUT2D eigenvalue weighted by Crippen LogP contribution is 2.22. The van der Waals surface area contributed by atoms with Crippen molar-refractivity contribution in [3.63, 3.8) is 0 Å². The van der Waals surface area contributed by atoms with Crippen molar-refractivity contribution >= 4 is 34.7 Å². The monoisotopic (exact) mass is 407 g/mol. The number of nitrogens with one attached hydrogen (secondary N) is 1. The third-order valence-electron chi connectivity index (χ3n) is 4.26. The summed E-state index contributed by atoms with van der Waals surface area (Å²) in [6.07, 6.45) is -1.14. The minimum atomic E-state index is -1.10. The van der Waals surface area contributed by atoms with Gasteiger partial charge in [-0.25, -0.2) is 0 Å². The standard InChI is InChI=1S/C23H21NO4S/c1-16-9-11-18(12-10-16)24-23(27)22(17-6-3-2-4-7-17)28-21(26)14-13-19(25)20-8-5-15-29-20/h2-12,15,22H,13-14H2,1H3,(H,24,27). The number of amides is 1. The Balaban J connectivity index is 1.66. The summed E-state index contributed by atoms with van der Waals surface area (Å²) in [6.45, 7) is 1.96. The lowest BCUT2D eigenvalue weighted by atomic mass is 10.1. The van der Waals surface area contributed by atoms with E-state index in [4.69, 9.17) is 4.74 Å². The number of carbonyl (C=O) groups excluding carboxylic acids is 3. The van der Waals surface area contributed by atoms with E-state index in [9.17, 15) is 14.4 Å². The van der Waals surface area contributed by atoms with E-state index < -0.39 is 18.0 Å². The Kier molecular flexibility index (Phi) is 6.92. The van der Waals surface area contributed by atoms with Gasteiger partial charge in [0, 0.05) is 17.7 Å². The SMILES string of the molecule is Cc1ccc(NC(=O)C(OC(=O)CCC(=O)c2cccs2)c2ccccc2)cc1. The number of anilines is 1. The Morgan fingerprint density at radius 1 is 0.931 bits per heavy atom. The van der Waals surface area contributed by atoms with Crippen molar-refractivity contribution in [3.8, 4) is 0 Å². The second-order valence-corrected chi connectivity index (χ2v) is 7.48. The minimum Gasteiger partial charge on any atom is -0.447 e. The highest BCUT2D eigenvalue weighted by atomic mass is 32.1. The zero-order valence-corrected chi connectivity index (χ0v) is 16.8. The molecule has 29 heavy (non-hydrogen) atoms. The number of ketones is 1. The maximum atomic E-state index is 12.8. The normalized spacial score (nSPS) is 11.5. The lowest BCUT2D eigenvalue weighted by molar-refractivity contribution is -0.154. The molecule has 6 heteroatoms. The van der Waals surface area contributed by atoms with Gasteiger partial charge in [-0.15, -0.1) is 11.3 Å². The van der Waals surface area contributed by atoms with Gasteiger partial charge >= 0.3 is 5.97 Å². The van der Waals surface area contributed by atoms with E-state index in [0.29, 0.717) is 16.1 Å². The van der Waals surface area contributed by atoms with Crippen molar-refractivity contribution in [1.29, 1.82) is 0 Å². The second-order valence-electron chi connectivity index (χ2n) is 6.54. The molecule has 0 bridgehead atoms. The Bertz CT molecular complexity index is 966. The van der Waals surface area contributed by atoms with Crippen molar-refractivity contribution in [3.05, 3.63) is 88.1 Å². The third-order valence-corrected chi connectivity index (χ3v) is 5.17. The summed E-state index contributed by atoms with van der Waals surface area (Å²) in [4.78, 5) is 37.9. The van der Waals surface area contributed by atoms with Crippen molar-refractivity contribution in [2.45, 2.75) is 25.9 Å². The Hall–Kier alpha value is -3.25. The van der Waals surface area contributed by atoms with Gasteiger partial charge in [-0.1, -0.05) is 54.1 Å². The molecule has 0 aliphatic carbocycles. The zero-order valence-electron chi connectivity index (χ0n) is 16.0. The molecule has 0 spiro atoms. The van der Waals surface area contributed by atoms with Crippen LogP contribution < -0.4 is 5.32 Å². The smallest absolute Gasteiger partial charge is 0.307 e. The highest BCUT2D eigenvalue weighted by molar-refractivity contribution is 7.12. The number of aryl methyl sites for hydroxylation is 1. The predicted molar refractivity (Wildman–Crippen MR) is 113 cm³/mol.